The number of benzene rings is 1. The van der Waals surface area contributed by atoms with Crippen LogP contribution in [-0.2, 0) is 6.54 Å². The molecule has 0 radical (unpaired) electrons. The van der Waals surface area contributed by atoms with Gasteiger partial charge in [-0.05, 0) is 48.9 Å². The van der Waals surface area contributed by atoms with Gasteiger partial charge in [0.15, 0.2) is 0 Å². The van der Waals surface area contributed by atoms with Crippen LogP contribution in [0.4, 0.5) is 0 Å². The fourth-order valence-corrected chi connectivity index (χ4v) is 3.29. The fourth-order valence-electron chi connectivity index (χ4n) is 3.29. The molecular formula is C14H20N2. The smallest absolute Gasteiger partial charge is 0.0178 e. The predicted octanol–water partition coefficient (Wildman–Crippen LogP) is 1.95. The van der Waals surface area contributed by atoms with Crippen molar-refractivity contribution in [3.05, 3.63) is 35.4 Å². The van der Waals surface area contributed by atoms with Gasteiger partial charge in [-0.15, -0.1) is 0 Å². The third-order valence-corrected chi connectivity index (χ3v) is 4.27. The van der Waals surface area contributed by atoms with Gasteiger partial charge < -0.3 is 10.6 Å². The Morgan fingerprint density at radius 3 is 2.69 bits per heavy atom. The third-order valence-electron chi connectivity index (χ3n) is 4.27. The van der Waals surface area contributed by atoms with E-state index in [1.54, 1.807) is 0 Å². The molecule has 0 saturated carbocycles. The van der Waals surface area contributed by atoms with Crippen molar-refractivity contribution in [3.8, 4) is 0 Å². The van der Waals surface area contributed by atoms with Gasteiger partial charge in [-0.25, -0.2) is 0 Å². The SMILES string of the molecule is NCc1cccc(C2CN3CCC2CC3)c1. The lowest BCUT2D eigenvalue weighted by Crippen LogP contribution is -2.46. The first-order chi connectivity index (χ1) is 7.86. The second-order valence-electron chi connectivity index (χ2n) is 5.19. The number of hydrogen-bond donors (Lipinski definition) is 1. The second-order valence-corrected chi connectivity index (χ2v) is 5.19. The minimum Gasteiger partial charge on any atom is -0.326 e. The van der Waals surface area contributed by atoms with Crippen LogP contribution in [0.5, 0.6) is 0 Å². The Kier molecular flexibility index (Phi) is 2.70. The van der Waals surface area contributed by atoms with Gasteiger partial charge >= 0.3 is 0 Å². The average molecular weight is 216 g/mol. The lowest BCUT2D eigenvalue weighted by atomic mass is 9.75. The number of nitrogens with zero attached hydrogens (tertiary/aromatic N) is 1. The molecule has 1 unspecified atom stereocenters. The minimum absolute atomic E-state index is 0.662. The van der Waals surface area contributed by atoms with Gasteiger partial charge in [-0.2, -0.15) is 0 Å². The molecule has 2 nitrogen and oxygen atoms in total. The van der Waals surface area contributed by atoms with Crippen molar-refractivity contribution in [2.24, 2.45) is 11.7 Å². The Morgan fingerprint density at radius 1 is 1.25 bits per heavy atom. The van der Waals surface area contributed by atoms with Crippen LogP contribution in [0.1, 0.15) is 29.9 Å². The lowest BCUT2D eigenvalue weighted by molar-refractivity contribution is 0.0871. The summed E-state index contributed by atoms with van der Waals surface area (Å²) in [5, 5.41) is 0. The average Bonchev–Trinajstić information content (AvgIpc) is 2.40. The molecule has 86 valence electrons. The Hall–Kier alpha value is -0.860. The highest BCUT2D eigenvalue weighted by atomic mass is 15.1. The molecule has 2 heteroatoms. The largest absolute Gasteiger partial charge is 0.326 e. The van der Waals surface area contributed by atoms with E-state index in [0.717, 1.165) is 11.8 Å². The molecule has 1 aromatic rings. The molecule has 1 atom stereocenters. The number of piperidine rings is 3. The summed E-state index contributed by atoms with van der Waals surface area (Å²) in [5.74, 6) is 1.67. The molecule has 0 amide bonds. The Morgan fingerprint density at radius 2 is 2.06 bits per heavy atom. The highest BCUT2D eigenvalue weighted by Crippen LogP contribution is 2.38. The molecule has 3 aliphatic rings. The van der Waals surface area contributed by atoms with Gasteiger partial charge in [0.2, 0.25) is 0 Å². The summed E-state index contributed by atoms with van der Waals surface area (Å²) in [6.07, 6.45) is 2.77. The molecule has 4 rings (SSSR count). The summed E-state index contributed by atoms with van der Waals surface area (Å²) in [6, 6.07) is 8.89. The van der Waals surface area contributed by atoms with E-state index in [9.17, 15) is 0 Å². The van der Waals surface area contributed by atoms with Crippen LogP contribution in [0.25, 0.3) is 0 Å². The van der Waals surface area contributed by atoms with Crippen molar-refractivity contribution in [2.75, 3.05) is 19.6 Å². The molecule has 3 heterocycles. The Balaban J connectivity index is 1.86. The monoisotopic (exact) mass is 216 g/mol. The van der Waals surface area contributed by atoms with E-state index in [-0.39, 0.29) is 0 Å². The molecule has 3 aliphatic heterocycles. The van der Waals surface area contributed by atoms with Crippen molar-refractivity contribution in [1.82, 2.24) is 4.90 Å². The van der Waals surface area contributed by atoms with Gasteiger partial charge in [0.25, 0.3) is 0 Å². The third kappa shape index (κ3) is 1.76. The molecule has 2 N–H and O–H groups in total. The van der Waals surface area contributed by atoms with Crippen LogP contribution in [-0.4, -0.2) is 24.5 Å². The normalized spacial score (nSPS) is 32.9. The predicted molar refractivity (Wildman–Crippen MR) is 66.2 cm³/mol. The first-order valence-corrected chi connectivity index (χ1v) is 6.38. The first-order valence-electron chi connectivity index (χ1n) is 6.38. The zero-order chi connectivity index (χ0) is 11.0. The standard InChI is InChI=1S/C14H20N2/c15-9-11-2-1-3-13(8-11)14-10-16-6-4-12(14)5-7-16/h1-3,8,12,14H,4-7,9-10,15H2. The number of nitrogens with two attached hydrogens (primary N) is 1. The summed E-state index contributed by atoms with van der Waals surface area (Å²) in [6.45, 7) is 4.56. The van der Waals surface area contributed by atoms with Gasteiger partial charge in [-0.3, -0.25) is 0 Å². The lowest BCUT2D eigenvalue weighted by Gasteiger charge is -2.45. The Bertz CT molecular complexity index is 367. The van der Waals surface area contributed by atoms with Crippen molar-refractivity contribution in [3.63, 3.8) is 0 Å². The number of hydrogen-bond acceptors (Lipinski definition) is 2. The van der Waals surface area contributed by atoms with Crippen LogP contribution < -0.4 is 5.73 Å². The summed E-state index contributed by atoms with van der Waals surface area (Å²) in [7, 11) is 0. The fraction of sp³-hybridized carbons (Fsp3) is 0.571. The Labute approximate surface area is 97.4 Å². The highest BCUT2D eigenvalue weighted by molar-refractivity contribution is 5.28. The van der Waals surface area contributed by atoms with E-state index in [1.807, 2.05) is 0 Å². The van der Waals surface area contributed by atoms with E-state index in [0.29, 0.717) is 6.54 Å². The van der Waals surface area contributed by atoms with Crippen molar-refractivity contribution < 1.29 is 0 Å². The molecule has 0 aromatic heterocycles. The van der Waals surface area contributed by atoms with Crippen molar-refractivity contribution >= 4 is 0 Å². The maximum Gasteiger partial charge on any atom is 0.0178 e. The molecule has 0 aliphatic carbocycles. The molecule has 3 saturated heterocycles. The molecule has 0 spiro atoms. The summed E-state index contributed by atoms with van der Waals surface area (Å²) >= 11 is 0. The number of fused-ring (bicyclic) bond motifs is 3. The van der Waals surface area contributed by atoms with E-state index < -0.39 is 0 Å². The van der Waals surface area contributed by atoms with Gasteiger partial charge in [0, 0.05) is 13.1 Å². The van der Waals surface area contributed by atoms with Crippen LogP contribution in [0, 0.1) is 5.92 Å². The quantitative estimate of drug-likeness (QED) is 0.819. The van der Waals surface area contributed by atoms with Crippen LogP contribution >= 0.6 is 0 Å². The summed E-state index contributed by atoms with van der Waals surface area (Å²) in [5.41, 5.74) is 8.50. The number of rotatable bonds is 2. The zero-order valence-electron chi connectivity index (χ0n) is 9.73. The molecule has 3 fully saturated rings. The molecule has 2 bridgehead atoms. The first kappa shape index (κ1) is 10.3. The maximum absolute atomic E-state index is 5.71. The van der Waals surface area contributed by atoms with Crippen LogP contribution in [0.3, 0.4) is 0 Å². The topological polar surface area (TPSA) is 29.3 Å². The molecular weight excluding hydrogens is 196 g/mol. The van der Waals surface area contributed by atoms with E-state index >= 15 is 0 Å². The van der Waals surface area contributed by atoms with E-state index in [4.69, 9.17) is 5.73 Å². The van der Waals surface area contributed by atoms with Crippen LogP contribution in [0.15, 0.2) is 24.3 Å². The zero-order valence-corrected chi connectivity index (χ0v) is 9.73. The van der Waals surface area contributed by atoms with E-state index in [2.05, 4.69) is 29.2 Å². The molecule has 1 aromatic carbocycles. The van der Waals surface area contributed by atoms with Gasteiger partial charge in [0.05, 0.1) is 0 Å². The van der Waals surface area contributed by atoms with Crippen LogP contribution in [0.2, 0.25) is 0 Å². The summed E-state index contributed by atoms with van der Waals surface area (Å²) in [4.78, 5) is 2.61. The highest BCUT2D eigenvalue weighted by Gasteiger charge is 2.34. The summed E-state index contributed by atoms with van der Waals surface area (Å²) < 4.78 is 0. The van der Waals surface area contributed by atoms with Gasteiger partial charge in [0.1, 0.15) is 0 Å². The van der Waals surface area contributed by atoms with Gasteiger partial charge in [-0.1, -0.05) is 24.3 Å². The molecule has 16 heavy (non-hydrogen) atoms. The second kappa shape index (κ2) is 4.19. The van der Waals surface area contributed by atoms with Crippen molar-refractivity contribution in [2.45, 2.75) is 25.3 Å². The van der Waals surface area contributed by atoms with E-state index in [1.165, 1.54) is 43.6 Å². The minimum atomic E-state index is 0.662. The maximum atomic E-state index is 5.71. The van der Waals surface area contributed by atoms with Crippen molar-refractivity contribution in [1.29, 1.82) is 0 Å².